The molecule has 0 saturated carbocycles. The van der Waals surface area contributed by atoms with Crippen LogP contribution in [0.25, 0.3) is 0 Å². The van der Waals surface area contributed by atoms with Gasteiger partial charge in [0.2, 0.25) is 10.0 Å². The van der Waals surface area contributed by atoms with Crippen LogP contribution in [0.3, 0.4) is 0 Å². The molecule has 1 aromatic heterocycles. The molecule has 1 aromatic carbocycles. The van der Waals surface area contributed by atoms with Crippen molar-refractivity contribution in [2.24, 2.45) is 12.2 Å². The molecule has 1 heterocycles. The van der Waals surface area contributed by atoms with Gasteiger partial charge in [-0.3, -0.25) is 0 Å². The Morgan fingerprint density at radius 1 is 1.25 bits per heavy atom. The number of hydrogen-bond acceptors (Lipinski definition) is 3. The Kier molecular flexibility index (Phi) is 3.87. The maximum Gasteiger partial charge on any atom is 0.238 e. The van der Waals surface area contributed by atoms with Crippen molar-refractivity contribution < 1.29 is 8.42 Å². The molecule has 0 aliphatic carbocycles. The average molecular weight is 293 g/mol. The molecule has 2 rings (SSSR count). The number of hydrogen-bond donors (Lipinski definition) is 2. The minimum Gasteiger partial charge on any atom is -0.381 e. The molecule has 0 bridgehead atoms. The smallest absolute Gasteiger partial charge is 0.238 e. The lowest BCUT2D eigenvalue weighted by Gasteiger charge is -2.08. The highest BCUT2D eigenvalue weighted by Crippen LogP contribution is 2.18. The quantitative estimate of drug-likeness (QED) is 0.904. The van der Waals surface area contributed by atoms with E-state index >= 15 is 0 Å². The molecule has 0 radical (unpaired) electrons. The lowest BCUT2D eigenvalue weighted by molar-refractivity contribution is 0.598. The van der Waals surface area contributed by atoms with Gasteiger partial charge < -0.3 is 9.88 Å². The van der Waals surface area contributed by atoms with Crippen molar-refractivity contribution in [2.75, 3.05) is 5.32 Å². The molecular weight excluding hydrogens is 274 g/mol. The van der Waals surface area contributed by atoms with E-state index in [2.05, 4.69) is 29.8 Å². The SMILES string of the molecule is Cc1cc(CNc2cccc(S(N)(=O)=O)c2)c(C)n1C. The van der Waals surface area contributed by atoms with Crippen LogP contribution >= 0.6 is 0 Å². The van der Waals surface area contributed by atoms with Gasteiger partial charge in [0.25, 0.3) is 0 Å². The minimum atomic E-state index is -3.66. The third-order valence-corrected chi connectivity index (χ3v) is 4.44. The Bertz CT molecular complexity index is 733. The maximum absolute atomic E-state index is 11.3. The summed E-state index contributed by atoms with van der Waals surface area (Å²) in [5, 5.41) is 8.34. The van der Waals surface area contributed by atoms with E-state index in [0.717, 1.165) is 5.69 Å². The number of nitrogens with one attached hydrogen (secondary N) is 1. The summed E-state index contributed by atoms with van der Waals surface area (Å²) in [4.78, 5) is 0.114. The Morgan fingerprint density at radius 2 is 1.95 bits per heavy atom. The van der Waals surface area contributed by atoms with Crippen molar-refractivity contribution in [3.8, 4) is 0 Å². The zero-order chi connectivity index (χ0) is 14.9. The van der Waals surface area contributed by atoms with Gasteiger partial charge in [-0.05, 0) is 43.7 Å². The van der Waals surface area contributed by atoms with Gasteiger partial charge in [-0.2, -0.15) is 0 Å². The Balaban J connectivity index is 2.17. The molecule has 0 fully saturated rings. The summed E-state index contributed by atoms with van der Waals surface area (Å²) < 4.78 is 24.7. The van der Waals surface area contributed by atoms with Crippen molar-refractivity contribution in [1.29, 1.82) is 0 Å². The molecule has 0 aliphatic heterocycles. The third kappa shape index (κ3) is 3.02. The van der Waals surface area contributed by atoms with Crippen LogP contribution in [0.4, 0.5) is 5.69 Å². The zero-order valence-electron chi connectivity index (χ0n) is 11.8. The molecule has 0 saturated heterocycles. The van der Waals surface area contributed by atoms with Crippen LogP contribution in [0.5, 0.6) is 0 Å². The molecule has 20 heavy (non-hydrogen) atoms. The van der Waals surface area contributed by atoms with Gasteiger partial charge in [-0.15, -0.1) is 0 Å². The van der Waals surface area contributed by atoms with E-state index in [1.54, 1.807) is 12.1 Å². The summed E-state index contributed by atoms with van der Waals surface area (Å²) in [6, 6.07) is 8.63. The highest BCUT2D eigenvalue weighted by atomic mass is 32.2. The molecule has 6 heteroatoms. The fourth-order valence-corrected chi connectivity index (χ4v) is 2.65. The Morgan fingerprint density at radius 3 is 2.50 bits per heavy atom. The summed E-state index contributed by atoms with van der Waals surface area (Å²) in [5.74, 6) is 0. The normalized spacial score (nSPS) is 11.6. The monoisotopic (exact) mass is 293 g/mol. The summed E-state index contributed by atoms with van der Waals surface area (Å²) in [7, 11) is -1.64. The van der Waals surface area contributed by atoms with Crippen LogP contribution < -0.4 is 10.5 Å². The second-order valence-corrected chi connectivity index (χ2v) is 6.44. The second-order valence-electron chi connectivity index (χ2n) is 4.88. The van der Waals surface area contributed by atoms with E-state index in [1.807, 2.05) is 13.1 Å². The van der Waals surface area contributed by atoms with E-state index in [4.69, 9.17) is 5.14 Å². The molecule has 0 atom stereocenters. The number of anilines is 1. The summed E-state index contributed by atoms with van der Waals surface area (Å²) in [6.07, 6.45) is 0. The lowest BCUT2D eigenvalue weighted by atomic mass is 10.2. The van der Waals surface area contributed by atoms with E-state index in [0.29, 0.717) is 6.54 Å². The first-order chi connectivity index (χ1) is 9.29. The molecule has 0 spiro atoms. The van der Waals surface area contributed by atoms with Crippen molar-refractivity contribution >= 4 is 15.7 Å². The van der Waals surface area contributed by atoms with Crippen molar-refractivity contribution in [1.82, 2.24) is 4.57 Å². The van der Waals surface area contributed by atoms with Crippen LogP contribution in [0.2, 0.25) is 0 Å². The number of benzene rings is 1. The molecule has 3 N–H and O–H groups in total. The Hall–Kier alpha value is -1.79. The number of aryl methyl sites for hydroxylation is 1. The highest BCUT2D eigenvalue weighted by Gasteiger charge is 2.09. The topological polar surface area (TPSA) is 77.1 Å². The van der Waals surface area contributed by atoms with E-state index in [9.17, 15) is 8.42 Å². The number of rotatable bonds is 4. The van der Waals surface area contributed by atoms with Gasteiger partial charge >= 0.3 is 0 Å². The zero-order valence-corrected chi connectivity index (χ0v) is 12.7. The molecule has 0 aliphatic rings. The first-order valence-corrected chi connectivity index (χ1v) is 7.82. The first kappa shape index (κ1) is 14.6. The fraction of sp³-hybridized carbons (Fsp3) is 0.286. The van der Waals surface area contributed by atoms with Crippen molar-refractivity contribution in [3.63, 3.8) is 0 Å². The molecule has 2 aromatic rings. The van der Waals surface area contributed by atoms with Crippen molar-refractivity contribution in [2.45, 2.75) is 25.3 Å². The van der Waals surface area contributed by atoms with Crippen molar-refractivity contribution in [3.05, 3.63) is 47.3 Å². The number of nitrogens with zero attached hydrogens (tertiary/aromatic N) is 1. The number of nitrogens with two attached hydrogens (primary N) is 1. The largest absolute Gasteiger partial charge is 0.381 e. The predicted octanol–water partition coefficient (Wildman–Crippen LogP) is 1.90. The second kappa shape index (κ2) is 5.30. The van der Waals surface area contributed by atoms with Crippen LogP contribution in [-0.2, 0) is 23.6 Å². The number of sulfonamides is 1. The minimum absolute atomic E-state index is 0.114. The van der Waals surface area contributed by atoms with Crippen LogP contribution in [-0.4, -0.2) is 13.0 Å². The number of aromatic nitrogens is 1. The van der Waals surface area contributed by atoms with E-state index in [1.165, 1.54) is 23.0 Å². The molecule has 5 nitrogen and oxygen atoms in total. The summed E-state index contributed by atoms with van der Waals surface area (Å²) >= 11 is 0. The standard InChI is InChI=1S/C14H19N3O2S/c1-10-7-12(11(2)17(10)3)9-16-13-5-4-6-14(8-13)20(15,18)19/h4-8,16H,9H2,1-3H3,(H2,15,18,19). The molecule has 108 valence electrons. The third-order valence-electron chi connectivity index (χ3n) is 3.53. The van der Waals surface area contributed by atoms with E-state index in [-0.39, 0.29) is 4.90 Å². The first-order valence-electron chi connectivity index (χ1n) is 6.27. The van der Waals surface area contributed by atoms with Gasteiger partial charge in [0, 0.05) is 30.7 Å². The highest BCUT2D eigenvalue weighted by molar-refractivity contribution is 7.89. The van der Waals surface area contributed by atoms with Gasteiger partial charge in [-0.25, -0.2) is 13.6 Å². The molecular formula is C14H19N3O2S. The predicted molar refractivity (Wildman–Crippen MR) is 80.0 cm³/mol. The maximum atomic E-state index is 11.3. The van der Waals surface area contributed by atoms with Gasteiger partial charge in [-0.1, -0.05) is 6.07 Å². The van der Waals surface area contributed by atoms with Crippen LogP contribution in [0.15, 0.2) is 35.2 Å². The van der Waals surface area contributed by atoms with Crippen LogP contribution in [0.1, 0.15) is 17.0 Å². The summed E-state index contributed by atoms with van der Waals surface area (Å²) in [6.45, 7) is 4.75. The lowest BCUT2D eigenvalue weighted by Crippen LogP contribution is -2.12. The molecule has 0 amide bonds. The van der Waals surface area contributed by atoms with Gasteiger partial charge in [0.05, 0.1) is 4.90 Å². The van der Waals surface area contributed by atoms with Gasteiger partial charge in [0.15, 0.2) is 0 Å². The fourth-order valence-electron chi connectivity index (χ4n) is 2.09. The number of primary sulfonamides is 1. The molecule has 0 unspecified atom stereocenters. The summed E-state index contributed by atoms with van der Waals surface area (Å²) in [5.41, 5.74) is 4.30. The van der Waals surface area contributed by atoms with Crippen LogP contribution in [0, 0.1) is 13.8 Å². The average Bonchev–Trinajstić information content (AvgIpc) is 2.63. The van der Waals surface area contributed by atoms with Gasteiger partial charge in [0.1, 0.15) is 0 Å². The Labute approximate surface area is 119 Å². The van der Waals surface area contributed by atoms with E-state index < -0.39 is 10.0 Å².